The lowest BCUT2D eigenvalue weighted by Crippen LogP contribution is -2.47. The minimum atomic E-state index is -0.470. The topological polar surface area (TPSA) is 79.5 Å². The Morgan fingerprint density at radius 1 is 1.19 bits per heavy atom. The molecule has 2 amide bonds. The van der Waals surface area contributed by atoms with E-state index in [1.54, 1.807) is 14.0 Å². The predicted octanol–water partition coefficient (Wildman–Crippen LogP) is 0.455. The molecule has 1 unspecified atom stereocenters. The minimum absolute atomic E-state index is 0. The summed E-state index contributed by atoms with van der Waals surface area (Å²) < 4.78 is 4.90. The van der Waals surface area contributed by atoms with Crippen LogP contribution in [-0.4, -0.2) is 51.2 Å². The SMILES string of the molecule is COCCNCCNC(=O)C(C)NC(=O)C1CCCC1.Cl. The van der Waals surface area contributed by atoms with Crippen LogP contribution in [0.2, 0.25) is 0 Å². The second kappa shape index (κ2) is 11.8. The first-order valence-electron chi connectivity index (χ1n) is 7.43. The zero-order valence-electron chi connectivity index (χ0n) is 12.9. The van der Waals surface area contributed by atoms with Crippen LogP contribution in [0.25, 0.3) is 0 Å². The molecule has 0 spiro atoms. The van der Waals surface area contributed by atoms with Gasteiger partial charge in [0.2, 0.25) is 11.8 Å². The molecule has 0 aliphatic heterocycles. The fraction of sp³-hybridized carbons (Fsp3) is 0.857. The van der Waals surface area contributed by atoms with Gasteiger partial charge in [0.1, 0.15) is 6.04 Å². The van der Waals surface area contributed by atoms with Gasteiger partial charge in [-0.2, -0.15) is 0 Å². The summed E-state index contributed by atoms with van der Waals surface area (Å²) in [5, 5.41) is 8.73. The monoisotopic (exact) mass is 321 g/mol. The Hall–Kier alpha value is -0.850. The van der Waals surface area contributed by atoms with Crippen LogP contribution in [0.15, 0.2) is 0 Å². The highest BCUT2D eigenvalue weighted by Crippen LogP contribution is 2.24. The molecule has 0 saturated heterocycles. The van der Waals surface area contributed by atoms with E-state index in [1.807, 2.05) is 0 Å². The van der Waals surface area contributed by atoms with Crippen LogP contribution in [0.1, 0.15) is 32.6 Å². The molecule has 21 heavy (non-hydrogen) atoms. The molecule has 0 aromatic carbocycles. The number of halogens is 1. The number of carbonyl (C=O) groups excluding carboxylic acids is 2. The van der Waals surface area contributed by atoms with E-state index in [4.69, 9.17) is 4.74 Å². The van der Waals surface area contributed by atoms with Crippen molar-refractivity contribution in [2.45, 2.75) is 38.6 Å². The van der Waals surface area contributed by atoms with Gasteiger partial charge in [-0.3, -0.25) is 9.59 Å². The average molecular weight is 322 g/mol. The van der Waals surface area contributed by atoms with Crippen molar-refractivity contribution in [3.8, 4) is 0 Å². The van der Waals surface area contributed by atoms with Crippen LogP contribution in [-0.2, 0) is 14.3 Å². The molecular weight excluding hydrogens is 294 g/mol. The van der Waals surface area contributed by atoms with Gasteiger partial charge in [-0.15, -0.1) is 12.4 Å². The number of hydrogen-bond donors (Lipinski definition) is 3. The van der Waals surface area contributed by atoms with E-state index >= 15 is 0 Å². The van der Waals surface area contributed by atoms with Gasteiger partial charge in [0.15, 0.2) is 0 Å². The molecule has 0 aromatic heterocycles. The molecular formula is C14H28ClN3O3. The summed E-state index contributed by atoms with van der Waals surface area (Å²) in [6, 6.07) is -0.470. The molecule has 3 N–H and O–H groups in total. The summed E-state index contributed by atoms with van der Waals surface area (Å²) in [6.07, 6.45) is 4.13. The molecule has 1 saturated carbocycles. The predicted molar refractivity (Wildman–Crippen MR) is 84.6 cm³/mol. The van der Waals surface area contributed by atoms with Crippen LogP contribution < -0.4 is 16.0 Å². The van der Waals surface area contributed by atoms with E-state index < -0.39 is 6.04 Å². The molecule has 0 aromatic rings. The summed E-state index contributed by atoms with van der Waals surface area (Å²) in [5.41, 5.74) is 0. The average Bonchev–Trinajstić information content (AvgIpc) is 2.96. The van der Waals surface area contributed by atoms with Gasteiger partial charge in [-0.05, 0) is 19.8 Å². The number of nitrogens with one attached hydrogen (secondary N) is 3. The highest BCUT2D eigenvalue weighted by atomic mass is 35.5. The molecule has 0 radical (unpaired) electrons. The Kier molecular flexibility index (Phi) is 11.3. The number of ether oxygens (including phenoxy) is 1. The van der Waals surface area contributed by atoms with E-state index in [0.29, 0.717) is 19.7 Å². The number of amides is 2. The second-order valence-electron chi connectivity index (χ2n) is 5.25. The summed E-state index contributed by atoms with van der Waals surface area (Å²) in [6.45, 7) is 4.38. The van der Waals surface area contributed by atoms with Crippen LogP contribution in [0.4, 0.5) is 0 Å². The summed E-state index contributed by atoms with van der Waals surface area (Å²) >= 11 is 0. The molecule has 1 fully saturated rings. The highest BCUT2D eigenvalue weighted by molar-refractivity contribution is 5.88. The lowest BCUT2D eigenvalue weighted by atomic mass is 10.1. The van der Waals surface area contributed by atoms with Gasteiger partial charge >= 0.3 is 0 Å². The van der Waals surface area contributed by atoms with E-state index in [2.05, 4.69) is 16.0 Å². The molecule has 0 heterocycles. The summed E-state index contributed by atoms with van der Waals surface area (Å²) in [4.78, 5) is 23.7. The highest BCUT2D eigenvalue weighted by Gasteiger charge is 2.25. The van der Waals surface area contributed by atoms with Gasteiger partial charge in [-0.1, -0.05) is 12.8 Å². The number of carbonyl (C=O) groups is 2. The van der Waals surface area contributed by atoms with Crippen LogP contribution in [0, 0.1) is 5.92 Å². The summed E-state index contributed by atoms with van der Waals surface area (Å²) in [7, 11) is 1.65. The first-order valence-corrected chi connectivity index (χ1v) is 7.43. The maximum atomic E-state index is 11.9. The van der Waals surface area contributed by atoms with Crippen molar-refractivity contribution in [1.29, 1.82) is 0 Å². The minimum Gasteiger partial charge on any atom is -0.383 e. The van der Waals surface area contributed by atoms with Gasteiger partial charge in [-0.25, -0.2) is 0 Å². The number of rotatable bonds is 9. The van der Waals surface area contributed by atoms with Crippen molar-refractivity contribution in [2.24, 2.45) is 5.92 Å². The summed E-state index contributed by atoms with van der Waals surface area (Å²) in [5.74, 6) is -0.0192. The maximum absolute atomic E-state index is 11.9. The first-order chi connectivity index (χ1) is 9.65. The standard InChI is InChI=1S/C14H27N3O3.ClH/c1-11(17-14(19)12-5-3-4-6-12)13(18)16-8-7-15-9-10-20-2;/h11-12,15H,3-10H2,1-2H3,(H,16,18)(H,17,19);1H. The molecule has 124 valence electrons. The lowest BCUT2D eigenvalue weighted by molar-refractivity contribution is -0.130. The van der Waals surface area contributed by atoms with E-state index in [1.165, 1.54) is 0 Å². The van der Waals surface area contributed by atoms with Crippen molar-refractivity contribution in [2.75, 3.05) is 33.4 Å². The normalized spacial score (nSPS) is 16.1. The number of hydrogen-bond acceptors (Lipinski definition) is 4. The van der Waals surface area contributed by atoms with Crippen molar-refractivity contribution < 1.29 is 14.3 Å². The van der Waals surface area contributed by atoms with Gasteiger partial charge in [0, 0.05) is 32.7 Å². The molecule has 1 aliphatic rings. The van der Waals surface area contributed by atoms with Crippen molar-refractivity contribution in [1.82, 2.24) is 16.0 Å². The maximum Gasteiger partial charge on any atom is 0.242 e. The molecule has 7 heteroatoms. The zero-order chi connectivity index (χ0) is 14.8. The fourth-order valence-corrected chi connectivity index (χ4v) is 2.31. The van der Waals surface area contributed by atoms with E-state index in [9.17, 15) is 9.59 Å². The third-order valence-corrected chi connectivity index (χ3v) is 3.56. The Bertz CT molecular complexity index is 310. The Balaban J connectivity index is 0.00000400. The van der Waals surface area contributed by atoms with Crippen molar-refractivity contribution in [3.63, 3.8) is 0 Å². The lowest BCUT2D eigenvalue weighted by Gasteiger charge is -2.16. The Morgan fingerprint density at radius 2 is 1.86 bits per heavy atom. The fourth-order valence-electron chi connectivity index (χ4n) is 2.31. The molecule has 1 atom stereocenters. The Morgan fingerprint density at radius 3 is 2.48 bits per heavy atom. The largest absolute Gasteiger partial charge is 0.383 e. The molecule has 1 aliphatic carbocycles. The van der Waals surface area contributed by atoms with E-state index in [-0.39, 0.29) is 30.1 Å². The molecule has 1 rings (SSSR count). The molecule has 0 bridgehead atoms. The quantitative estimate of drug-likeness (QED) is 0.539. The number of methoxy groups -OCH3 is 1. The first kappa shape index (κ1) is 20.1. The van der Waals surface area contributed by atoms with Crippen molar-refractivity contribution >= 4 is 24.2 Å². The van der Waals surface area contributed by atoms with Crippen molar-refractivity contribution in [3.05, 3.63) is 0 Å². The third kappa shape index (κ3) is 8.24. The molecule has 6 nitrogen and oxygen atoms in total. The third-order valence-electron chi connectivity index (χ3n) is 3.56. The van der Waals surface area contributed by atoms with Crippen LogP contribution in [0.5, 0.6) is 0 Å². The second-order valence-corrected chi connectivity index (χ2v) is 5.25. The van der Waals surface area contributed by atoms with Gasteiger partial charge in [0.25, 0.3) is 0 Å². The van der Waals surface area contributed by atoms with Crippen LogP contribution >= 0.6 is 12.4 Å². The van der Waals surface area contributed by atoms with E-state index in [0.717, 1.165) is 32.2 Å². The Labute approximate surface area is 133 Å². The van der Waals surface area contributed by atoms with Gasteiger partial charge in [0.05, 0.1) is 6.61 Å². The zero-order valence-corrected chi connectivity index (χ0v) is 13.8. The smallest absolute Gasteiger partial charge is 0.242 e. The van der Waals surface area contributed by atoms with Gasteiger partial charge < -0.3 is 20.7 Å². The van der Waals surface area contributed by atoms with Crippen LogP contribution in [0.3, 0.4) is 0 Å².